The average molecular weight is 719 g/mol. The van der Waals surface area contributed by atoms with Crippen LogP contribution >= 0.6 is 9.84 Å². The molecule has 0 heterocycles. The van der Waals surface area contributed by atoms with Crippen molar-refractivity contribution in [3.8, 4) is 33.4 Å². The van der Waals surface area contributed by atoms with Crippen LogP contribution in [-0.2, 0) is 38.1 Å². The average Bonchev–Trinajstić information content (AvgIpc) is 3.38. The van der Waals surface area contributed by atoms with Gasteiger partial charge in [0.15, 0.2) is 0 Å². The van der Waals surface area contributed by atoms with Crippen molar-refractivity contribution in [3.05, 3.63) is 157 Å². The predicted molar refractivity (Wildman–Crippen MR) is 213 cm³/mol. The number of hydrogen-bond acceptors (Lipinski definition) is 0. The van der Waals surface area contributed by atoms with Crippen molar-refractivity contribution in [2.24, 2.45) is 0 Å². The Morgan fingerprint density at radius 3 is 1.12 bits per heavy atom. The third-order valence-corrected chi connectivity index (χ3v) is 11.4. The van der Waals surface area contributed by atoms with E-state index < -0.39 is 0 Å². The predicted octanol–water partition coefficient (Wildman–Crippen LogP) is 13.2. The molecule has 1 unspecified atom stereocenters. The molecule has 1 radical (unpaired) electrons. The van der Waals surface area contributed by atoms with E-state index in [0.717, 1.165) is 0 Å². The summed E-state index contributed by atoms with van der Waals surface area (Å²) in [6.07, 6.45) is 0. The van der Waals surface area contributed by atoms with E-state index >= 15 is 0 Å². The Kier molecular flexibility index (Phi) is 6.61. The Bertz CT molecular complexity index is 2710. The van der Waals surface area contributed by atoms with E-state index in [1.165, 1.54) is 109 Å². The normalized spacial score (nSPS) is 13.5. The minimum atomic E-state index is -0.121. The summed E-state index contributed by atoms with van der Waals surface area (Å²) in [5.74, 6) is 0. The molecule has 10 aromatic rings. The van der Waals surface area contributed by atoms with E-state index in [-0.39, 0.29) is 38.1 Å². The summed E-state index contributed by atoms with van der Waals surface area (Å²) in [6, 6.07) is 55.2. The van der Waals surface area contributed by atoms with E-state index in [1.54, 1.807) is 9.84 Å². The van der Waals surface area contributed by atoms with Gasteiger partial charge in [0.2, 0.25) is 0 Å². The molecule has 11 rings (SSSR count). The van der Waals surface area contributed by atoms with Crippen molar-refractivity contribution in [3.63, 3.8) is 0 Å². The van der Waals surface area contributed by atoms with Gasteiger partial charge in [-0.3, -0.25) is 0 Å². The van der Waals surface area contributed by atoms with Crippen molar-refractivity contribution in [1.29, 1.82) is 1.28 Å². The molecule has 0 bridgehead atoms. The Balaban J connectivity index is 0.00000110. The third-order valence-electron chi connectivity index (χ3n) is 11.4. The van der Waals surface area contributed by atoms with Gasteiger partial charge in [0.1, 0.15) is 0 Å². The molecule has 1 aliphatic rings. The maximum Gasteiger partial charge on any atom is 0.0511 e. The van der Waals surface area contributed by atoms with Crippen LogP contribution in [0.4, 0.5) is 0 Å². The third kappa shape index (κ3) is 4.15. The molecule has 0 amide bonds. The number of benzene rings is 10. The fourth-order valence-corrected chi connectivity index (χ4v) is 9.05. The first-order valence-electron chi connectivity index (χ1n) is 17.3. The summed E-state index contributed by atoms with van der Waals surface area (Å²) in [5, 5.41) is 16.0. The molecule has 0 saturated heterocycles. The molecule has 49 heavy (non-hydrogen) atoms. The molecule has 1 atom stereocenters. The minimum absolute atomic E-state index is 0. The van der Waals surface area contributed by atoms with Crippen LogP contribution in [0.15, 0.2) is 146 Å². The van der Waals surface area contributed by atoms with E-state index in [1.807, 2.05) is 0 Å². The second-order valence-corrected chi connectivity index (χ2v) is 14.1. The molecule has 1 aliphatic carbocycles. The van der Waals surface area contributed by atoms with Crippen molar-refractivity contribution in [2.45, 2.75) is 19.3 Å². The van der Waals surface area contributed by atoms with Crippen LogP contribution in [0.1, 0.15) is 25.0 Å². The smallest absolute Gasteiger partial charge is 0.0511 e. The zero-order valence-corrected chi connectivity index (χ0v) is 31.5. The summed E-state index contributed by atoms with van der Waals surface area (Å²) < 4.78 is 5.67. The van der Waals surface area contributed by atoms with E-state index in [2.05, 4.69) is 159 Å². The maximum absolute atomic E-state index is 5.67. The second kappa shape index (κ2) is 10.9. The molecule has 0 aromatic heterocycles. The molecule has 0 saturated carbocycles. The summed E-state index contributed by atoms with van der Waals surface area (Å²) in [4.78, 5) is 0. The monoisotopic (exact) mass is 718 g/mol. The summed E-state index contributed by atoms with van der Waals surface area (Å²) >= 11 is 0. The van der Waals surface area contributed by atoms with Crippen molar-refractivity contribution in [1.82, 2.24) is 0 Å². The zero-order chi connectivity index (χ0) is 33.0. The van der Waals surface area contributed by atoms with Gasteiger partial charge in [-0.1, -0.05) is 147 Å². The number of fused-ring (bicyclic) bond motifs is 3. The molecule has 229 valence electrons. The van der Waals surface area contributed by atoms with Crippen LogP contribution in [-0.4, -0.2) is 1.28 Å². The van der Waals surface area contributed by atoms with Crippen LogP contribution in [0.5, 0.6) is 0 Å². The van der Waals surface area contributed by atoms with Gasteiger partial charge in [-0.05, 0) is 121 Å². The summed E-state index contributed by atoms with van der Waals surface area (Å²) in [5.41, 5.74) is 10.6. The number of hydrogen-bond donors (Lipinski definition) is 0. The molecule has 2 heteroatoms. The molecular weight excluding hydrogens is 684 g/mol. The molecular formula is C47H33PY. The van der Waals surface area contributed by atoms with Gasteiger partial charge < -0.3 is 0 Å². The topological polar surface area (TPSA) is 0 Å². The Morgan fingerprint density at radius 2 is 0.714 bits per heavy atom. The minimum Gasteiger partial charge on any atom is -0.153 e. The fraction of sp³-hybridized carbons (Fsp3) is 0.0638. The van der Waals surface area contributed by atoms with Gasteiger partial charge in [0.25, 0.3) is 0 Å². The van der Waals surface area contributed by atoms with Crippen molar-refractivity contribution in [2.75, 3.05) is 0 Å². The molecule has 0 fully saturated rings. The van der Waals surface area contributed by atoms with Crippen LogP contribution < -0.4 is 0 Å². The van der Waals surface area contributed by atoms with Crippen molar-refractivity contribution >= 4 is 74.5 Å². The standard InChI is InChI=1S/C47H30.H3P.Y/c1-47(2)41-25-33(35-19-13-31-11-9-27-5-3-7-29-15-23-39(35)45(31)43(27)29)17-21-37(41)38-22-18-34(26-42(38)47)36-20-14-32-12-10-28-6-4-8-30-16-24-40(36)46(32)44(28)30;;/h3-26H,1-2H3;1H3;/i;1D;. The van der Waals surface area contributed by atoms with E-state index in [0.29, 0.717) is 0 Å². The Hall–Kier alpha value is -4.19. The van der Waals surface area contributed by atoms with Gasteiger partial charge in [-0.15, -0.1) is 0 Å². The number of rotatable bonds is 2. The van der Waals surface area contributed by atoms with Gasteiger partial charge >= 0.3 is 0 Å². The van der Waals surface area contributed by atoms with Gasteiger partial charge in [0.05, 0.1) is 1.28 Å². The molecule has 0 spiro atoms. The van der Waals surface area contributed by atoms with Gasteiger partial charge in [0, 0.05) is 38.1 Å². The quantitative estimate of drug-likeness (QED) is 0.123. The van der Waals surface area contributed by atoms with Crippen LogP contribution in [0.2, 0.25) is 0 Å². The van der Waals surface area contributed by atoms with Crippen LogP contribution in [0.3, 0.4) is 0 Å². The van der Waals surface area contributed by atoms with Gasteiger partial charge in [-0.25, -0.2) is 0 Å². The largest absolute Gasteiger partial charge is 0.153 e. The zero-order valence-electron chi connectivity index (χ0n) is 28.5. The molecule has 0 N–H and O–H groups in total. The van der Waals surface area contributed by atoms with Gasteiger partial charge in [-0.2, -0.15) is 9.84 Å². The molecule has 10 aromatic carbocycles. The Morgan fingerprint density at radius 1 is 0.388 bits per heavy atom. The SMILES string of the molecule is CC1(C)c2cc(-c3ccc4ccc5cccc6ccc3c4c56)ccc2-c2ccc(-c3ccc4ccc5cccc6ccc3c4c56)cc21.[2H]P.[Y]. The van der Waals surface area contributed by atoms with Crippen LogP contribution in [0, 0.1) is 0 Å². The summed E-state index contributed by atoms with van der Waals surface area (Å²) in [6.45, 7) is 4.80. The first-order chi connectivity index (χ1) is 24.0. The van der Waals surface area contributed by atoms with Crippen molar-refractivity contribution < 1.29 is 32.7 Å². The molecule has 0 nitrogen and oxygen atoms in total. The molecule has 0 aliphatic heterocycles. The first-order valence-corrected chi connectivity index (χ1v) is 16.7. The second-order valence-electron chi connectivity index (χ2n) is 14.1. The fourth-order valence-electron chi connectivity index (χ4n) is 9.05. The van der Waals surface area contributed by atoms with E-state index in [9.17, 15) is 0 Å². The Labute approximate surface area is 315 Å². The summed E-state index contributed by atoms with van der Waals surface area (Å²) in [7, 11) is 1.67. The van der Waals surface area contributed by atoms with Crippen LogP contribution in [0.25, 0.3) is 98.0 Å². The van der Waals surface area contributed by atoms with E-state index in [4.69, 9.17) is 1.28 Å². The first kappa shape index (κ1) is 29.7. The maximum atomic E-state index is 5.67.